The lowest BCUT2D eigenvalue weighted by molar-refractivity contribution is 0.176. The minimum absolute atomic E-state index is 0.243. The first-order valence-electron chi connectivity index (χ1n) is 7.25. The molecule has 0 aliphatic rings. The number of aliphatic hydroxyl groups is 1. The second-order valence-electron chi connectivity index (χ2n) is 5.12. The van der Waals surface area contributed by atoms with Crippen molar-refractivity contribution in [2.75, 3.05) is 13.2 Å². The van der Waals surface area contributed by atoms with E-state index in [2.05, 4.69) is 60.4 Å². The molecule has 0 fully saturated rings. The zero-order valence-electron chi connectivity index (χ0n) is 12.1. The van der Waals surface area contributed by atoms with Gasteiger partial charge < -0.3 is 5.11 Å². The zero-order valence-corrected chi connectivity index (χ0v) is 12.1. The first-order valence-corrected chi connectivity index (χ1v) is 7.25. The molecular formula is C18H23NO. The van der Waals surface area contributed by atoms with Crippen molar-refractivity contribution in [2.24, 2.45) is 0 Å². The van der Waals surface area contributed by atoms with Crippen LogP contribution in [0.1, 0.15) is 30.5 Å². The Hall–Kier alpha value is -1.64. The molecule has 1 unspecified atom stereocenters. The summed E-state index contributed by atoms with van der Waals surface area (Å²) in [5, 5.41) is 9.11. The Labute approximate surface area is 121 Å². The Balaban J connectivity index is 2.10. The predicted octanol–water partition coefficient (Wildman–Crippen LogP) is 3.63. The van der Waals surface area contributed by atoms with Gasteiger partial charge in [-0.15, -0.1) is 0 Å². The van der Waals surface area contributed by atoms with Gasteiger partial charge in [-0.3, -0.25) is 4.90 Å². The van der Waals surface area contributed by atoms with Gasteiger partial charge in [-0.25, -0.2) is 0 Å². The third-order valence-electron chi connectivity index (χ3n) is 3.66. The van der Waals surface area contributed by atoms with E-state index in [-0.39, 0.29) is 6.61 Å². The van der Waals surface area contributed by atoms with Crippen LogP contribution in [0.25, 0.3) is 0 Å². The van der Waals surface area contributed by atoms with Gasteiger partial charge in [-0.1, -0.05) is 60.7 Å². The van der Waals surface area contributed by atoms with Crippen molar-refractivity contribution in [1.82, 2.24) is 4.90 Å². The number of benzene rings is 2. The first-order chi connectivity index (χ1) is 9.81. The van der Waals surface area contributed by atoms with Crippen LogP contribution in [0.15, 0.2) is 60.7 Å². The molecule has 0 saturated carbocycles. The molecule has 1 N–H and O–H groups in total. The van der Waals surface area contributed by atoms with Crippen LogP contribution in [0.3, 0.4) is 0 Å². The van der Waals surface area contributed by atoms with Crippen molar-refractivity contribution in [3.05, 3.63) is 71.8 Å². The molecule has 0 bridgehead atoms. The van der Waals surface area contributed by atoms with Gasteiger partial charge in [0.25, 0.3) is 0 Å². The summed E-state index contributed by atoms with van der Waals surface area (Å²) in [7, 11) is 0. The maximum Gasteiger partial charge on any atom is 0.0443 e. The van der Waals surface area contributed by atoms with Crippen molar-refractivity contribution in [3.63, 3.8) is 0 Å². The SMILES string of the molecule is CC(c1ccccc1)N(CCCO)Cc1ccccc1. The molecule has 2 aromatic rings. The molecule has 0 aliphatic carbocycles. The van der Waals surface area contributed by atoms with Crippen molar-refractivity contribution in [1.29, 1.82) is 0 Å². The number of hydrogen-bond acceptors (Lipinski definition) is 2. The van der Waals surface area contributed by atoms with Gasteiger partial charge in [0.05, 0.1) is 0 Å². The summed E-state index contributed by atoms with van der Waals surface area (Å²) in [5.74, 6) is 0. The molecule has 0 radical (unpaired) electrons. The van der Waals surface area contributed by atoms with E-state index in [1.54, 1.807) is 0 Å². The highest BCUT2D eigenvalue weighted by molar-refractivity contribution is 5.20. The standard InChI is InChI=1S/C18H23NO/c1-16(18-11-6-3-7-12-18)19(13-8-14-20)15-17-9-4-2-5-10-17/h2-7,9-12,16,20H,8,13-15H2,1H3. The molecule has 20 heavy (non-hydrogen) atoms. The lowest BCUT2D eigenvalue weighted by Gasteiger charge is -2.29. The Morgan fingerprint density at radius 2 is 1.55 bits per heavy atom. The first kappa shape index (κ1) is 14.8. The van der Waals surface area contributed by atoms with E-state index < -0.39 is 0 Å². The molecule has 2 rings (SSSR count). The number of hydrogen-bond donors (Lipinski definition) is 1. The molecule has 0 spiro atoms. The van der Waals surface area contributed by atoms with Crippen LogP contribution in [0.5, 0.6) is 0 Å². The molecule has 106 valence electrons. The average molecular weight is 269 g/mol. The predicted molar refractivity (Wildman–Crippen MR) is 83.4 cm³/mol. The van der Waals surface area contributed by atoms with Crippen LogP contribution in [0.2, 0.25) is 0 Å². The second-order valence-corrected chi connectivity index (χ2v) is 5.12. The Morgan fingerprint density at radius 3 is 2.15 bits per heavy atom. The molecule has 0 amide bonds. The van der Waals surface area contributed by atoms with Crippen LogP contribution in [-0.2, 0) is 6.54 Å². The highest BCUT2D eigenvalue weighted by Crippen LogP contribution is 2.22. The summed E-state index contributed by atoms with van der Waals surface area (Å²) in [5.41, 5.74) is 2.63. The molecule has 0 aromatic heterocycles. The maximum absolute atomic E-state index is 9.11. The minimum Gasteiger partial charge on any atom is -0.396 e. The number of nitrogens with zero attached hydrogens (tertiary/aromatic N) is 1. The maximum atomic E-state index is 9.11. The van der Waals surface area contributed by atoms with E-state index in [0.29, 0.717) is 6.04 Å². The normalized spacial score (nSPS) is 12.6. The van der Waals surface area contributed by atoms with Gasteiger partial charge in [0.15, 0.2) is 0 Å². The lowest BCUT2D eigenvalue weighted by Crippen LogP contribution is -2.28. The van der Waals surface area contributed by atoms with E-state index >= 15 is 0 Å². The van der Waals surface area contributed by atoms with E-state index in [1.165, 1.54) is 11.1 Å². The van der Waals surface area contributed by atoms with Gasteiger partial charge in [-0.05, 0) is 24.5 Å². The third-order valence-corrected chi connectivity index (χ3v) is 3.66. The average Bonchev–Trinajstić information content (AvgIpc) is 2.52. The van der Waals surface area contributed by atoms with Crippen LogP contribution < -0.4 is 0 Å². The van der Waals surface area contributed by atoms with E-state index in [4.69, 9.17) is 5.11 Å². The fourth-order valence-electron chi connectivity index (χ4n) is 2.44. The largest absolute Gasteiger partial charge is 0.396 e. The molecule has 0 heterocycles. The fourth-order valence-corrected chi connectivity index (χ4v) is 2.44. The Bertz CT molecular complexity index is 483. The lowest BCUT2D eigenvalue weighted by atomic mass is 10.1. The van der Waals surface area contributed by atoms with Crippen LogP contribution in [0, 0.1) is 0 Å². The molecule has 0 aliphatic heterocycles. The smallest absolute Gasteiger partial charge is 0.0443 e. The second kappa shape index (κ2) is 7.83. The van der Waals surface area contributed by atoms with E-state index in [9.17, 15) is 0 Å². The fraction of sp³-hybridized carbons (Fsp3) is 0.333. The topological polar surface area (TPSA) is 23.5 Å². The molecule has 2 nitrogen and oxygen atoms in total. The Kier molecular flexibility index (Phi) is 5.78. The number of rotatable bonds is 7. The summed E-state index contributed by atoms with van der Waals surface area (Å²) >= 11 is 0. The highest BCUT2D eigenvalue weighted by Gasteiger charge is 2.15. The monoisotopic (exact) mass is 269 g/mol. The van der Waals surface area contributed by atoms with E-state index in [0.717, 1.165) is 19.5 Å². The van der Waals surface area contributed by atoms with Crippen molar-refractivity contribution < 1.29 is 5.11 Å². The summed E-state index contributed by atoms with van der Waals surface area (Å²) in [6, 6.07) is 21.4. The van der Waals surface area contributed by atoms with Gasteiger partial charge in [0.1, 0.15) is 0 Å². The Morgan fingerprint density at radius 1 is 0.950 bits per heavy atom. The number of aliphatic hydroxyl groups excluding tert-OH is 1. The summed E-state index contributed by atoms with van der Waals surface area (Å²) in [4.78, 5) is 2.42. The van der Waals surface area contributed by atoms with Crippen LogP contribution in [0.4, 0.5) is 0 Å². The molecule has 2 heteroatoms. The summed E-state index contributed by atoms with van der Waals surface area (Å²) in [6.07, 6.45) is 0.810. The van der Waals surface area contributed by atoms with Crippen LogP contribution >= 0.6 is 0 Å². The molecular weight excluding hydrogens is 246 g/mol. The van der Waals surface area contributed by atoms with Gasteiger partial charge in [-0.2, -0.15) is 0 Å². The molecule has 0 saturated heterocycles. The zero-order chi connectivity index (χ0) is 14.2. The van der Waals surface area contributed by atoms with Gasteiger partial charge in [0, 0.05) is 25.7 Å². The van der Waals surface area contributed by atoms with E-state index in [1.807, 2.05) is 12.1 Å². The van der Waals surface area contributed by atoms with Crippen molar-refractivity contribution in [2.45, 2.75) is 25.9 Å². The van der Waals surface area contributed by atoms with Crippen molar-refractivity contribution in [3.8, 4) is 0 Å². The van der Waals surface area contributed by atoms with Crippen molar-refractivity contribution >= 4 is 0 Å². The van der Waals surface area contributed by atoms with Gasteiger partial charge in [0.2, 0.25) is 0 Å². The summed E-state index contributed by atoms with van der Waals surface area (Å²) < 4.78 is 0. The van der Waals surface area contributed by atoms with Gasteiger partial charge >= 0.3 is 0 Å². The highest BCUT2D eigenvalue weighted by atomic mass is 16.3. The summed E-state index contributed by atoms with van der Waals surface area (Å²) in [6.45, 7) is 4.29. The molecule has 2 aromatic carbocycles. The third kappa shape index (κ3) is 4.19. The molecule has 1 atom stereocenters. The quantitative estimate of drug-likeness (QED) is 0.829. The van der Waals surface area contributed by atoms with Crippen LogP contribution in [-0.4, -0.2) is 23.2 Å². The minimum atomic E-state index is 0.243.